The van der Waals surface area contributed by atoms with Gasteiger partial charge >= 0.3 is 5.69 Å². The molecule has 12 heteroatoms. The number of nitro groups is 1. The number of aromatic nitrogens is 2. The summed E-state index contributed by atoms with van der Waals surface area (Å²) < 4.78 is 25.6. The molecule has 0 fully saturated rings. The van der Waals surface area contributed by atoms with Crippen molar-refractivity contribution in [2.75, 3.05) is 31.2 Å². The monoisotopic (exact) mass is 500 g/mol. The fourth-order valence-corrected chi connectivity index (χ4v) is 4.31. The van der Waals surface area contributed by atoms with E-state index in [1.807, 2.05) is 24.3 Å². The molecule has 35 heavy (non-hydrogen) atoms. The fraction of sp³-hybridized carbons (Fsp3) is 0.304. The van der Waals surface area contributed by atoms with Crippen LogP contribution in [0.15, 0.2) is 54.7 Å². The highest BCUT2D eigenvalue weighted by atomic mass is 32.2. The number of sulfonamides is 1. The van der Waals surface area contributed by atoms with Gasteiger partial charge in [0.05, 0.1) is 16.9 Å². The highest BCUT2D eigenvalue weighted by Crippen LogP contribution is 2.26. The van der Waals surface area contributed by atoms with Crippen molar-refractivity contribution in [1.29, 1.82) is 0 Å². The molecule has 0 amide bonds. The Kier molecular flexibility index (Phi) is 8.68. The van der Waals surface area contributed by atoms with E-state index in [0.717, 1.165) is 16.7 Å². The molecule has 3 aromatic rings. The van der Waals surface area contributed by atoms with E-state index < -0.39 is 14.9 Å². The first-order valence-electron chi connectivity index (χ1n) is 10.9. The predicted octanol–water partition coefficient (Wildman–Crippen LogP) is 2.52. The van der Waals surface area contributed by atoms with Crippen molar-refractivity contribution in [3.05, 3.63) is 76.0 Å². The zero-order valence-corrected chi connectivity index (χ0v) is 20.1. The molecule has 1 aromatic heterocycles. The maximum atomic E-state index is 12.1. The van der Waals surface area contributed by atoms with Crippen LogP contribution in [0.2, 0.25) is 0 Å². The highest BCUT2D eigenvalue weighted by Gasteiger charge is 2.17. The second-order valence-electron chi connectivity index (χ2n) is 7.96. The Hall–Kier alpha value is -3.61. The van der Waals surface area contributed by atoms with E-state index in [0.29, 0.717) is 44.1 Å². The third-order valence-electron chi connectivity index (χ3n) is 5.25. The molecular formula is C23H28N6O5S. The molecule has 2 aromatic carbocycles. The first-order valence-corrected chi connectivity index (χ1v) is 12.8. The van der Waals surface area contributed by atoms with Crippen molar-refractivity contribution in [2.45, 2.75) is 19.4 Å². The minimum atomic E-state index is -3.37. The van der Waals surface area contributed by atoms with E-state index in [4.69, 9.17) is 5.73 Å². The van der Waals surface area contributed by atoms with Gasteiger partial charge in [-0.2, -0.15) is 4.31 Å². The number of aromatic hydroxyl groups is 1. The average molecular weight is 501 g/mol. The van der Waals surface area contributed by atoms with Crippen LogP contribution < -0.4 is 11.1 Å². The van der Waals surface area contributed by atoms with E-state index in [9.17, 15) is 23.6 Å². The van der Waals surface area contributed by atoms with Crippen LogP contribution in [0, 0.1) is 10.1 Å². The zero-order valence-electron chi connectivity index (χ0n) is 19.3. The van der Waals surface area contributed by atoms with E-state index in [-0.39, 0.29) is 18.0 Å². The average Bonchev–Trinajstić information content (AvgIpc) is 2.81. The SMILES string of the molecule is CS(=O)(=O)N(CCCN)Cc1cccc(-c2ccnc(NCCc3ccc([N+](=O)[O-])c(O)c3)n2)c1. The smallest absolute Gasteiger partial charge is 0.310 e. The summed E-state index contributed by atoms with van der Waals surface area (Å²) >= 11 is 0. The number of phenols is 1. The number of nitro benzene ring substituents is 1. The second-order valence-corrected chi connectivity index (χ2v) is 9.94. The quantitative estimate of drug-likeness (QED) is 0.250. The van der Waals surface area contributed by atoms with Crippen molar-refractivity contribution in [3.63, 3.8) is 0 Å². The van der Waals surface area contributed by atoms with Crippen molar-refractivity contribution in [2.24, 2.45) is 5.73 Å². The van der Waals surface area contributed by atoms with Crippen LogP contribution in [-0.2, 0) is 23.0 Å². The molecule has 0 saturated carbocycles. The van der Waals surface area contributed by atoms with Crippen LogP contribution in [0.3, 0.4) is 0 Å². The summed E-state index contributed by atoms with van der Waals surface area (Å²) in [6.45, 7) is 1.46. The molecular weight excluding hydrogens is 472 g/mol. The van der Waals surface area contributed by atoms with Gasteiger partial charge in [0.2, 0.25) is 16.0 Å². The lowest BCUT2D eigenvalue weighted by atomic mass is 10.1. The van der Waals surface area contributed by atoms with E-state index in [1.165, 1.54) is 22.7 Å². The van der Waals surface area contributed by atoms with Crippen LogP contribution in [0.4, 0.5) is 11.6 Å². The molecule has 0 aliphatic carbocycles. The van der Waals surface area contributed by atoms with Gasteiger partial charge in [-0.3, -0.25) is 10.1 Å². The Morgan fingerprint density at radius 2 is 1.97 bits per heavy atom. The molecule has 0 unspecified atom stereocenters. The molecule has 0 spiro atoms. The normalized spacial score (nSPS) is 11.5. The number of hydrogen-bond donors (Lipinski definition) is 3. The van der Waals surface area contributed by atoms with Crippen molar-refractivity contribution < 1.29 is 18.4 Å². The first-order chi connectivity index (χ1) is 16.7. The molecule has 1 heterocycles. The predicted molar refractivity (Wildman–Crippen MR) is 133 cm³/mol. The molecule has 186 valence electrons. The standard InChI is InChI=1S/C23H28N6O5S/c1-35(33,34)28(13-3-10-24)16-18-4-2-5-19(14-18)20-9-12-26-23(27-20)25-11-8-17-6-7-21(29(31)32)22(30)15-17/h2,4-7,9,12,14-15,30H,3,8,10-11,13,16,24H2,1H3,(H,25,26,27). The Morgan fingerprint density at radius 3 is 2.66 bits per heavy atom. The molecule has 11 nitrogen and oxygen atoms in total. The Balaban J connectivity index is 1.67. The number of hydrogen-bond acceptors (Lipinski definition) is 9. The molecule has 0 radical (unpaired) electrons. The lowest BCUT2D eigenvalue weighted by Crippen LogP contribution is -2.31. The van der Waals surface area contributed by atoms with Gasteiger partial charge in [-0.25, -0.2) is 18.4 Å². The number of phenolic OH excluding ortho intramolecular Hbond substituents is 1. The molecule has 0 bridgehead atoms. The van der Waals surface area contributed by atoms with Crippen LogP contribution in [0.5, 0.6) is 5.75 Å². The Morgan fingerprint density at radius 1 is 1.17 bits per heavy atom. The van der Waals surface area contributed by atoms with Crippen LogP contribution in [-0.4, -0.2) is 58.6 Å². The number of anilines is 1. The van der Waals surface area contributed by atoms with E-state index >= 15 is 0 Å². The minimum absolute atomic E-state index is 0.241. The van der Waals surface area contributed by atoms with Gasteiger partial charge in [0.15, 0.2) is 5.75 Å². The molecule has 0 aliphatic rings. The van der Waals surface area contributed by atoms with Gasteiger partial charge in [-0.05, 0) is 48.7 Å². The third-order valence-corrected chi connectivity index (χ3v) is 6.50. The maximum absolute atomic E-state index is 12.1. The minimum Gasteiger partial charge on any atom is -0.502 e. The number of rotatable bonds is 12. The molecule has 0 atom stereocenters. The lowest BCUT2D eigenvalue weighted by molar-refractivity contribution is -0.385. The number of nitrogens with two attached hydrogens (primary N) is 1. The van der Waals surface area contributed by atoms with Gasteiger partial charge in [0.1, 0.15) is 0 Å². The summed E-state index contributed by atoms with van der Waals surface area (Å²) in [7, 11) is -3.37. The molecule has 0 saturated heterocycles. The van der Waals surface area contributed by atoms with Crippen molar-refractivity contribution in [3.8, 4) is 17.0 Å². The lowest BCUT2D eigenvalue weighted by Gasteiger charge is -2.20. The number of nitrogens with one attached hydrogen (secondary N) is 1. The number of benzene rings is 2. The molecule has 3 rings (SSSR count). The van der Waals surface area contributed by atoms with Crippen molar-refractivity contribution >= 4 is 21.7 Å². The summed E-state index contributed by atoms with van der Waals surface area (Å²) in [6, 6.07) is 13.5. The topological polar surface area (TPSA) is 165 Å². The summed E-state index contributed by atoms with van der Waals surface area (Å²) in [5.74, 6) is 0.0304. The second kappa shape index (κ2) is 11.7. The van der Waals surface area contributed by atoms with Crippen molar-refractivity contribution in [1.82, 2.24) is 14.3 Å². The van der Waals surface area contributed by atoms with Crippen LogP contribution in [0.1, 0.15) is 17.5 Å². The van der Waals surface area contributed by atoms with Gasteiger partial charge in [-0.15, -0.1) is 0 Å². The molecule has 0 aliphatic heterocycles. The third kappa shape index (κ3) is 7.44. The number of nitrogens with zero attached hydrogens (tertiary/aromatic N) is 4. The van der Waals surface area contributed by atoms with Gasteiger partial charge in [0, 0.05) is 37.5 Å². The highest BCUT2D eigenvalue weighted by molar-refractivity contribution is 7.88. The maximum Gasteiger partial charge on any atom is 0.310 e. The van der Waals surface area contributed by atoms with E-state index in [2.05, 4.69) is 15.3 Å². The summed E-state index contributed by atoms with van der Waals surface area (Å²) in [5.41, 5.74) is 8.26. The first kappa shape index (κ1) is 26.0. The largest absolute Gasteiger partial charge is 0.502 e. The summed E-state index contributed by atoms with van der Waals surface area (Å²) in [5, 5.41) is 23.7. The van der Waals surface area contributed by atoms with Crippen LogP contribution >= 0.6 is 0 Å². The molecule has 4 N–H and O–H groups in total. The fourth-order valence-electron chi connectivity index (χ4n) is 3.46. The van der Waals surface area contributed by atoms with E-state index in [1.54, 1.807) is 18.3 Å². The van der Waals surface area contributed by atoms with Gasteiger partial charge < -0.3 is 16.2 Å². The van der Waals surface area contributed by atoms with Gasteiger partial charge in [0.25, 0.3) is 0 Å². The summed E-state index contributed by atoms with van der Waals surface area (Å²) in [6.07, 6.45) is 3.89. The van der Waals surface area contributed by atoms with Crippen LogP contribution in [0.25, 0.3) is 11.3 Å². The zero-order chi connectivity index (χ0) is 25.4. The summed E-state index contributed by atoms with van der Waals surface area (Å²) in [4.78, 5) is 19.0. The Bertz CT molecular complexity index is 1280. The van der Waals surface area contributed by atoms with Gasteiger partial charge in [-0.1, -0.05) is 24.3 Å². The Labute approximate surface area is 203 Å².